The summed E-state index contributed by atoms with van der Waals surface area (Å²) in [7, 11) is -2.16. The molecule has 0 aromatic heterocycles. The van der Waals surface area contributed by atoms with Crippen LogP contribution in [0.4, 0.5) is 17.6 Å². The molecule has 0 spiro atoms. The van der Waals surface area contributed by atoms with Crippen LogP contribution < -0.4 is 0 Å². The van der Waals surface area contributed by atoms with Crippen LogP contribution in [0.25, 0.3) is 0 Å². The summed E-state index contributed by atoms with van der Waals surface area (Å²) in [4.78, 5) is 10.9. The minimum atomic E-state index is -5.08. The van der Waals surface area contributed by atoms with Crippen LogP contribution in [-0.4, -0.2) is 80.3 Å². The van der Waals surface area contributed by atoms with E-state index in [0.717, 1.165) is 13.1 Å². The molecule has 0 aliphatic carbocycles. The van der Waals surface area contributed by atoms with Gasteiger partial charge < -0.3 is 14.7 Å². The highest BCUT2D eigenvalue weighted by Gasteiger charge is 2.48. The predicted molar refractivity (Wildman–Crippen MR) is 98.8 cm³/mol. The second-order valence-electron chi connectivity index (χ2n) is 7.00. The highest BCUT2D eigenvalue weighted by Crippen LogP contribution is 2.36. The molecule has 1 aromatic carbocycles. The molecule has 3 atom stereocenters. The highest BCUT2D eigenvalue weighted by atomic mass is 32.2. The molecule has 1 aromatic rings. The van der Waals surface area contributed by atoms with Crippen LogP contribution in [0.15, 0.2) is 29.2 Å². The maximum atomic E-state index is 14.0. The number of carbonyl (C=O) groups is 1. The Morgan fingerprint density at radius 3 is 2.37 bits per heavy atom. The number of aliphatic carboxylic acids is 1. The smallest absolute Gasteiger partial charge is 0.475 e. The molecular weight excluding hydrogens is 432 g/mol. The number of benzene rings is 1. The van der Waals surface area contributed by atoms with Crippen molar-refractivity contribution < 1.29 is 40.6 Å². The van der Waals surface area contributed by atoms with Crippen molar-refractivity contribution in [1.29, 1.82) is 0 Å². The van der Waals surface area contributed by atoms with Crippen LogP contribution in [-0.2, 0) is 19.6 Å². The van der Waals surface area contributed by atoms with Gasteiger partial charge in [0.25, 0.3) is 0 Å². The number of rotatable bonds is 4. The average molecular weight is 456 g/mol. The van der Waals surface area contributed by atoms with Crippen LogP contribution in [0.5, 0.6) is 0 Å². The van der Waals surface area contributed by atoms with Gasteiger partial charge in [0.1, 0.15) is 10.7 Å². The largest absolute Gasteiger partial charge is 0.490 e. The predicted octanol–water partition coefficient (Wildman–Crippen LogP) is 2.19. The molecule has 3 rings (SSSR count). The molecule has 30 heavy (non-hydrogen) atoms. The number of likely N-dealkylation sites (tertiary alicyclic amines) is 1. The second kappa shape index (κ2) is 9.58. The first kappa shape index (κ1) is 24.5. The Balaban J connectivity index is 0.000000396. The van der Waals surface area contributed by atoms with E-state index >= 15 is 0 Å². The topological polar surface area (TPSA) is 87.2 Å². The monoisotopic (exact) mass is 456 g/mol. The van der Waals surface area contributed by atoms with Gasteiger partial charge in [0.2, 0.25) is 10.0 Å². The summed E-state index contributed by atoms with van der Waals surface area (Å²) in [5.41, 5.74) is 0. The molecule has 0 unspecified atom stereocenters. The van der Waals surface area contributed by atoms with Gasteiger partial charge in [-0.15, -0.1) is 0 Å². The summed E-state index contributed by atoms with van der Waals surface area (Å²) in [5, 5.41) is 7.12. The number of alkyl halides is 3. The number of nitrogens with zero attached hydrogens (tertiary/aromatic N) is 2. The van der Waals surface area contributed by atoms with E-state index in [0.29, 0.717) is 19.5 Å². The maximum absolute atomic E-state index is 14.0. The number of hydrogen-bond donors (Lipinski definition) is 1. The number of piperidine rings is 1. The van der Waals surface area contributed by atoms with Crippen molar-refractivity contribution in [3.05, 3.63) is 30.1 Å². The Labute approximate surface area is 172 Å². The summed E-state index contributed by atoms with van der Waals surface area (Å²) in [5.74, 6) is -3.31. The van der Waals surface area contributed by atoms with Gasteiger partial charge in [-0.3, -0.25) is 0 Å². The third-order valence-corrected chi connectivity index (χ3v) is 7.26. The van der Waals surface area contributed by atoms with Crippen LogP contribution in [0.3, 0.4) is 0 Å². The van der Waals surface area contributed by atoms with Crippen LogP contribution in [0.2, 0.25) is 0 Å². The second-order valence-corrected chi connectivity index (χ2v) is 8.85. The van der Waals surface area contributed by atoms with E-state index < -0.39 is 28.0 Å². The summed E-state index contributed by atoms with van der Waals surface area (Å²) in [6.45, 7) is 4.80. The van der Waals surface area contributed by atoms with Crippen molar-refractivity contribution in [2.45, 2.75) is 36.6 Å². The highest BCUT2D eigenvalue weighted by molar-refractivity contribution is 7.89. The zero-order valence-electron chi connectivity index (χ0n) is 16.5. The number of carboxylic acid groups (broad SMARTS) is 1. The normalized spacial score (nSPS) is 25.3. The number of ether oxygens (including phenoxy) is 1. The van der Waals surface area contributed by atoms with E-state index in [2.05, 4.69) is 11.8 Å². The van der Waals surface area contributed by atoms with Crippen molar-refractivity contribution in [2.75, 3.05) is 33.3 Å². The van der Waals surface area contributed by atoms with Gasteiger partial charge in [0.05, 0.1) is 6.10 Å². The molecule has 1 N–H and O–H groups in total. The third kappa shape index (κ3) is 5.29. The Hall–Kier alpha value is -1.76. The molecule has 2 fully saturated rings. The molecular formula is C18H24F4N2O5S. The Morgan fingerprint density at radius 2 is 1.87 bits per heavy atom. The van der Waals surface area contributed by atoms with Crippen molar-refractivity contribution in [2.24, 2.45) is 5.92 Å². The first-order valence-electron chi connectivity index (χ1n) is 9.25. The average Bonchev–Trinajstić information content (AvgIpc) is 3.11. The molecule has 2 saturated heterocycles. The Kier molecular flexibility index (Phi) is 7.83. The van der Waals surface area contributed by atoms with Gasteiger partial charge in [-0.2, -0.15) is 17.5 Å². The lowest BCUT2D eigenvalue weighted by Crippen LogP contribution is -2.53. The number of hydrogen-bond acceptors (Lipinski definition) is 5. The third-order valence-electron chi connectivity index (χ3n) is 5.31. The van der Waals surface area contributed by atoms with Crippen LogP contribution >= 0.6 is 0 Å². The summed E-state index contributed by atoms with van der Waals surface area (Å²) in [6.07, 6.45) is -4.38. The number of methoxy groups -OCH3 is 1. The van der Waals surface area contributed by atoms with Crippen molar-refractivity contribution >= 4 is 16.0 Å². The lowest BCUT2D eigenvalue weighted by atomic mass is 9.91. The number of likely N-dealkylation sites (N-methyl/N-ethyl adjacent to an activating group) is 1. The van der Waals surface area contributed by atoms with Crippen molar-refractivity contribution in [3.8, 4) is 0 Å². The van der Waals surface area contributed by atoms with Gasteiger partial charge in [0, 0.05) is 38.7 Å². The molecule has 0 bridgehead atoms. The van der Waals surface area contributed by atoms with E-state index in [-0.39, 0.29) is 23.0 Å². The minimum Gasteiger partial charge on any atom is -0.475 e. The van der Waals surface area contributed by atoms with Crippen LogP contribution in [0, 0.1) is 11.7 Å². The summed E-state index contributed by atoms with van der Waals surface area (Å²) >= 11 is 0. The first-order valence-corrected chi connectivity index (χ1v) is 10.7. The molecule has 0 saturated carbocycles. The number of sulfonamides is 1. The summed E-state index contributed by atoms with van der Waals surface area (Å²) < 4.78 is 78.8. The lowest BCUT2D eigenvalue weighted by Gasteiger charge is -2.40. The molecule has 0 amide bonds. The molecule has 2 aliphatic heterocycles. The Bertz CT molecular complexity index is 849. The van der Waals surface area contributed by atoms with Gasteiger partial charge >= 0.3 is 12.1 Å². The zero-order valence-corrected chi connectivity index (χ0v) is 17.3. The van der Waals surface area contributed by atoms with E-state index in [1.807, 2.05) is 0 Å². The first-order chi connectivity index (χ1) is 13.9. The molecule has 170 valence electrons. The lowest BCUT2D eigenvalue weighted by molar-refractivity contribution is -0.192. The zero-order chi connectivity index (χ0) is 22.7. The van der Waals surface area contributed by atoms with Crippen molar-refractivity contribution in [3.63, 3.8) is 0 Å². The van der Waals surface area contributed by atoms with Gasteiger partial charge in [-0.1, -0.05) is 19.1 Å². The fraction of sp³-hybridized carbons (Fsp3) is 0.611. The summed E-state index contributed by atoms with van der Waals surface area (Å²) in [6, 6.07) is 5.44. The fourth-order valence-corrected chi connectivity index (χ4v) is 5.57. The standard InChI is InChI=1S/C16H23FN2O3S.C2HF3O2/c1-3-18-10-12-14(11-18)19(9-8-15(12)22-2)23(20,21)16-7-5-4-6-13(16)17;3-2(4,5)1(6)7/h4-7,12,14-15H,3,8-11H2,1-2H3;(H,6,7)/t12-,14+,15+;/m0./s1. The Morgan fingerprint density at radius 1 is 1.27 bits per heavy atom. The van der Waals surface area contributed by atoms with E-state index in [4.69, 9.17) is 14.6 Å². The van der Waals surface area contributed by atoms with Gasteiger partial charge in [-0.05, 0) is 25.1 Å². The molecule has 7 nitrogen and oxygen atoms in total. The van der Waals surface area contributed by atoms with Crippen LogP contribution in [0.1, 0.15) is 13.3 Å². The quantitative estimate of drug-likeness (QED) is 0.699. The van der Waals surface area contributed by atoms with Gasteiger partial charge in [-0.25, -0.2) is 17.6 Å². The minimum absolute atomic E-state index is 0.0589. The van der Waals surface area contributed by atoms with E-state index in [9.17, 15) is 26.0 Å². The number of fused-ring (bicyclic) bond motifs is 1. The number of carboxylic acids is 1. The number of halogens is 4. The maximum Gasteiger partial charge on any atom is 0.490 e. The molecule has 2 heterocycles. The molecule has 0 radical (unpaired) electrons. The molecule has 12 heteroatoms. The fourth-order valence-electron chi connectivity index (χ4n) is 3.83. The van der Waals surface area contributed by atoms with E-state index in [1.165, 1.54) is 22.5 Å². The van der Waals surface area contributed by atoms with Gasteiger partial charge in [0.15, 0.2) is 0 Å². The van der Waals surface area contributed by atoms with Crippen molar-refractivity contribution in [1.82, 2.24) is 9.21 Å². The SMILES string of the molecule is CCN1C[C@H]2[C@@H](C1)N(S(=O)(=O)c1ccccc1F)CC[C@H]2OC.O=C(O)C(F)(F)F. The van der Waals surface area contributed by atoms with E-state index in [1.54, 1.807) is 13.2 Å². The molecule has 2 aliphatic rings.